The Hall–Kier alpha value is -2.14. The molecule has 1 unspecified atom stereocenters. The number of primary amides is 1. The molecule has 106 valence electrons. The van der Waals surface area contributed by atoms with Gasteiger partial charge in [0.25, 0.3) is 5.91 Å². The van der Waals surface area contributed by atoms with Crippen molar-refractivity contribution in [3.8, 4) is 0 Å². The molecule has 2 rings (SSSR count). The number of fused-ring (bicyclic) bond motifs is 1. The van der Waals surface area contributed by atoms with E-state index in [9.17, 15) is 4.79 Å². The summed E-state index contributed by atoms with van der Waals surface area (Å²) in [6.45, 7) is 4.64. The highest BCUT2D eigenvalue weighted by Crippen LogP contribution is 2.27. The highest BCUT2D eigenvalue weighted by molar-refractivity contribution is 6.06. The summed E-state index contributed by atoms with van der Waals surface area (Å²) in [5.41, 5.74) is 13.2. The lowest BCUT2D eigenvalue weighted by atomic mass is 10.0. The lowest BCUT2D eigenvalue weighted by Gasteiger charge is -2.24. The summed E-state index contributed by atoms with van der Waals surface area (Å²) in [5, 5.41) is 4.23. The summed E-state index contributed by atoms with van der Waals surface area (Å²) in [6.07, 6.45) is 1.51. The summed E-state index contributed by atoms with van der Waals surface area (Å²) >= 11 is 0. The Labute approximate surface area is 118 Å². The van der Waals surface area contributed by atoms with Crippen LogP contribution in [0.15, 0.2) is 30.5 Å². The number of para-hydroxylation sites is 1. The van der Waals surface area contributed by atoms with Gasteiger partial charge in [0.15, 0.2) is 0 Å². The molecule has 1 aromatic heterocycles. The Bertz CT molecular complexity index is 624. The van der Waals surface area contributed by atoms with Crippen molar-refractivity contribution in [2.75, 3.05) is 11.9 Å². The van der Waals surface area contributed by atoms with E-state index in [1.807, 2.05) is 24.3 Å². The Morgan fingerprint density at radius 3 is 2.65 bits per heavy atom. The molecule has 1 atom stereocenters. The average Bonchev–Trinajstić information content (AvgIpc) is 2.43. The normalized spacial score (nSPS) is 12.6. The molecule has 0 radical (unpaired) electrons. The van der Waals surface area contributed by atoms with Gasteiger partial charge in [0.1, 0.15) is 0 Å². The highest BCUT2D eigenvalue weighted by atomic mass is 16.1. The van der Waals surface area contributed by atoms with Crippen LogP contribution in [0.3, 0.4) is 0 Å². The summed E-state index contributed by atoms with van der Waals surface area (Å²) in [4.78, 5) is 15.9. The molecule has 5 nitrogen and oxygen atoms in total. The molecule has 5 N–H and O–H groups in total. The van der Waals surface area contributed by atoms with Gasteiger partial charge < -0.3 is 16.8 Å². The molecule has 1 heterocycles. The molecule has 0 fully saturated rings. The molecule has 0 saturated carbocycles. The molecule has 0 aliphatic rings. The Balaban J connectivity index is 2.57. The summed E-state index contributed by atoms with van der Waals surface area (Å²) < 4.78 is 0. The van der Waals surface area contributed by atoms with Crippen LogP contribution in [0.2, 0.25) is 0 Å². The maximum absolute atomic E-state index is 11.6. The van der Waals surface area contributed by atoms with E-state index in [4.69, 9.17) is 11.5 Å². The zero-order valence-corrected chi connectivity index (χ0v) is 11.8. The van der Waals surface area contributed by atoms with Crippen molar-refractivity contribution >= 4 is 22.5 Å². The molecule has 0 aliphatic carbocycles. The van der Waals surface area contributed by atoms with E-state index in [2.05, 4.69) is 24.1 Å². The van der Waals surface area contributed by atoms with Crippen LogP contribution < -0.4 is 16.8 Å². The fourth-order valence-corrected chi connectivity index (χ4v) is 2.17. The number of pyridine rings is 1. The number of benzene rings is 1. The summed E-state index contributed by atoms with van der Waals surface area (Å²) in [5.74, 6) is -0.155. The van der Waals surface area contributed by atoms with Crippen molar-refractivity contribution in [1.29, 1.82) is 0 Å². The minimum Gasteiger partial charge on any atom is -0.380 e. The lowest BCUT2D eigenvalue weighted by molar-refractivity contribution is 0.100. The van der Waals surface area contributed by atoms with Gasteiger partial charge in [-0.3, -0.25) is 9.78 Å². The fourth-order valence-electron chi connectivity index (χ4n) is 2.17. The van der Waals surface area contributed by atoms with Crippen molar-refractivity contribution in [2.45, 2.75) is 19.9 Å². The van der Waals surface area contributed by atoms with E-state index in [1.54, 1.807) is 0 Å². The van der Waals surface area contributed by atoms with Crippen LogP contribution in [-0.4, -0.2) is 23.5 Å². The Kier molecular flexibility index (Phi) is 4.20. The predicted octanol–water partition coefficient (Wildman–Crippen LogP) is 1.73. The van der Waals surface area contributed by atoms with Crippen LogP contribution in [0.4, 0.5) is 5.69 Å². The van der Waals surface area contributed by atoms with Crippen LogP contribution in [0, 0.1) is 5.92 Å². The van der Waals surface area contributed by atoms with Gasteiger partial charge >= 0.3 is 0 Å². The van der Waals surface area contributed by atoms with E-state index in [0.717, 1.165) is 10.9 Å². The third-order valence-electron chi connectivity index (χ3n) is 3.43. The van der Waals surface area contributed by atoms with E-state index in [-0.39, 0.29) is 6.04 Å². The molecular weight excluding hydrogens is 252 g/mol. The second-order valence-corrected chi connectivity index (χ2v) is 5.16. The molecule has 20 heavy (non-hydrogen) atoms. The number of carbonyl (C=O) groups is 1. The van der Waals surface area contributed by atoms with Crippen LogP contribution >= 0.6 is 0 Å². The number of nitrogens with two attached hydrogens (primary N) is 2. The number of aromatic nitrogens is 1. The number of nitrogens with zero attached hydrogens (tertiary/aromatic N) is 1. The van der Waals surface area contributed by atoms with Gasteiger partial charge in [0.2, 0.25) is 0 Å². The second kappa shape index (κ2) is 5.88. The van der Waals surface area contributed by atoms with Gasteiger partial charge in [-0.05, 0) is 12.0 Å². The number of hydrogen-bond acceptors (Lipinski definition) is 4. The largest absolute Gasteiger partial charge is 0.380 e. The third-order valence-corrected chi connectivity index (χ3v) is 3.43. The monoisotopic (exact) mass is 272 g/mol. The molecule has 5 heteroatoms. The minimum absolute atomic E-state index is 0.0684. The third kappa shape index (κ3) is 2.72. The molecule has 0 bridgehead atoms. The molecule has 1 aromatic carbocycles. The number of hydrogen-bond donors (Lipinski definition) is 3. The van der Waals surface area contributed by atoms with Crippen molar-refractivity contribution in [3.63, 3.8) is 0 Å². The minimum atomic E-state index is -0.495. The predicted molar refractivity (Wildman–Crippen MR) is 81.6 cm³/mol. The molecule has 0 spiro atoms. The Morgan fingerprint density at radius 1 is 1.35 bits per heavy atom. The van der Waals surface area contributed by atoms with Gasteiger partial charge in [0, 0.05) is 24.2 Å². The number of carbonyl (C=O) groups excluding carboxylic acids is 1. The Morgan fingerprint density at radius 2 is 2.05 bits per heavy atom. The zero-order chi connectivity index (χ0) is 14.7. The van der Waals surface area contributed by atoms with Gasteiger partial charge in [0.05, 0.1) is 16.8 Å². The first kappa shape index (κ1) is 14.3. The second-order valence-electron chi connectivity index (χ2n) is 5.16. The van der Waals surface area contributed by atoms with Gasteiger partial charge in [-0.15, -0.1) is 0 Å². The number of amides is 1. The maximum atomic E-state index is 11.6. The summed E-state index contributed by atoms with van der Waals surface area (Å²) in [6, 6.07) is 7.71. The smallest absolute Gasteiger partial charge is 0.252 e. The molecule has 2 aromatic rings. The van der Waals surface area contributed by atoms with Gasteiger partial charge in [-0.2, -0.15) is 0 Å². The van der Waals surface area contributed by atoms with Crippen LogP contribution in [0.1, 0.15) is 24.2 Å². The van der Waals surface area contributed by atoms with Crippen LogP contribution in [-0.2, 0) is 0 Å². The first-order valence-corrected chi connectivity index (χ1v) is 6.68. The van der Waals surface area contributed by atoms with E-state index in [1.165, 1.54) is 6.20 Å². The van der Waals surface area contributed by atoms with E-state index < -0.39 is 5.91 Å². The van der Waals surface area contributed by atoms with Crippen LogP contribution in [0.5, 0.6) is 0 Å². The molecule has 1 amide bonds. The molecular formula is C15H20N4O. The number of nitrogens with one attached hydrogen (secondary N) is 1. The number of rotatable bonds is 5. The maximum Gasteiger partial charge on any atom is 0.252 e. The van der Waals surface area contributed by atoms with Crippen molar-refractivity contribution < 1.29 is 4.79 Å². The van der Waals surface area contributed by atoms with Crippen molar-refractivity contribution in [3.05, 3.63) is 36.0 Å². The zero-order valence-electron chi connectivity index (χ0n) is 11.8. The first-order valence-electron chi connectivity index (χ1n) is 6.68. The molecule has 0 saturated heterocycles. The standard InChI is InChI=1S/C15H20N4O/c1-9(2)13(7-16)19-14-10-5-3-4-6-12(10)18-8-11(14)15(17)20/h3-6,8-9,13H,7,16H2,1-2H3,(H2,17,20)(H,18,19). The highest BCUT2D eigenvalue weighted by Gasteiger charge is 2.18. The average molecular weight is 272 g/mol. The van der Waals surface area contributed by atoms with Gasteiger partial charge in [-0.1, -0.05) is 32.0 Å². The summed E-state index contributed by atoms with van der Waals surface area (Å²) in [7, 11) is 0. The quantitative estimate of drug-likeness (QED) is 0.772. The van der Waals surface area contributed by atoms with Crippen molar-refractivity contribution in [1.82, 2.24) is 4.98 Å². The van der Waals surface area contributed by atoms with E-state index >= 15 is 0 Å². The topological polar surface area (TPSA) is 94.0 Å². The van der Waals surface area contributed by atoms with Crippen LogP contribution in [0.25, 0.3) is 10.9 Å². The lowest BCUT2D eigenvalue weighted by Crippen LogP contribution is -2.34. The number of anilines is 1. The van der Waals surface area contributed by atoms with E-state index in [0.29, 0.717) is 23.7 Å². The first-order chi connectivity index (χ1) is 9.54. The fraction of sp³-hybridized carbons (Fsp3) is 0.333. The molecule has 0 aliphatic heterocycles. The van der Waals surface area contributed by atoms with Gasteiger partial charge in [-0.25, -0.2) is 0 Å². The SMILES string of the molecule is CC(C)C(CN)Nc1c(C(N)=O)cnc2ccccc12. The van der Waals surface area contributed by atoms with Crippen molar-refractivity contribution in [2.24, 2.45) is 17.4 Å².